The highest BCUT2D eigenvalue weighted by Crippen LogP contribution is 2.36. The molecule has 3 N–H and O–H groups in total. The summed E-state index contributed by atoms with van der Waals surface area (Å²) >= 11 is 0. The molecule has 1 aliphatic rings. The van der Waals surface area contributed by atoms with Gasteiger partial charge in [-0.3, -0.25) is 4.98 Å². The van der Waals surface area contributed by atoms with E-state index in [0.717, 1.165) is 51.9 Å². The lowest BCUT2D eigenvalue weighted by atomic mass is 10.1. The zero-order valence-electron chi connectivity index (χ0n) is 15.6. The van der Waals surface area contributed by atoms with Crippen LogP contribution in [0, 0.1) is 11.3 Å². The third-order valence-electron chi connectivity index (χ3n) is 4.54. The molecule has 0 saturated heterocycles. The van der Waals surface area contributed by atoms with Crippen LogP contribution in [-0.2, 0) is 4.84 Å². The first-order valence-corrected chi connectivity index (χ1v) is 9.21. The monoisotopic (exact) mass is 362 g/mol. The number of aromatic nitrogens is 2. The number of pyridine rings is 1. The van der Waals surface area contributed by atoms with E-state index in [2.05, 4.69) is 52.6 Å². The standard InChI is InChI=1S/C20H22N6O/c1-4-5-16-25-20(27-26-16)14-10-22-17-13-7-6-12(9-21)8-15(13)24-19(17)18(14)23-11(2)3/h6-8,10-11,20,24H,4-5H2,1-3H3,(H,22,23)(H,25,26). The molecule has 0 radical (unpaired) electrons. The van der Waals surface area contributed by atoms with Crippen molar-refractivity contribution in [2.24, 2.45) is 5.16 Å². The Hall–Kier alpha value is -3.27. The molecular formula is C20H22N6O. The molecular weight excluding hydrogens is 340 g/mol. The number of rotatable bonds is 5. The van der Waals surface area contributed by atoms with Gasteiger partial charge in [0, 0.05) is 29.6 Å². The maximum absolute atomic E-state index is 9.17. The minimum atomic E-state index is -0.370. The minimum absolute atomic E-state index is 0.230. The predicted octanol–water partition coefficient (Wildman–Crippen LogP) is 4.14. The molecule has 0 amide bonds. The molecule has 0 fully saturated rings. The number of anilines is 1. The Kier molecular flexibility index (Phi) is 4.32. The van der Waals surface area contributed by atoms with Gasteiger partial charge >= 0.3 is 0 Å². The van der Waals surface area contributed by atoms with Gasteiger partial charge in [0.05, 0.1) is 33.9 Å². The Bertz CT molecular complexity index is 1080. The Morgan fingerprint density at radius 3 is 2.96 bits per heavy atom. The largest absolute Gasteiger partial charge is 0.381 e. The molecule has 4 rings (SSSR count). The second-order valence-electron chi connectivity index (χ2n) is 7.03. The fourth-order valence-electron chi connectivity index (χ4n) is 3.36. The molecule has 138 valence electrons. The molecule has 0 saturated carbocycles. The van der Waals surface area contributed by atoms with Gasteiger partial charge in [-0.1, -0.05) is 12.1 Å². The van der Waals surface area contributed by atoms with Gasteiger partial charge in [-0.15, -0.1) is 0 Å². The predicted molar refractivity (Wildman–Crippen MR) is 106 cm³/mol. The zero-order chi connectivity index (χ0) is 19.0. The summed E-state index contributed by atoms with van der Waals surface area (Å²) in [5.41, 5.74) is 5.12. The molecule has 3 heterocycles. The van der Waals surface area contributed by atoms with E-state index in [1.807, 2.05) is 24.4 Å². The number of hydrogen-bond donors (Lipinski definition) is 3. The quantitative estimate of drug-likeness (QED) is 0.634. The van der Waals surface area contributed by atoms with Crippen LogP contribution in [0.3, 0.4) is 0 Å². The Morgan fingerprint density at radius 1 is 1.37 bits per heavy atom. The first-order chi connectivity index (χ1) is 13.1. The lowest BCUT2D eigenvalue weighted by Crippen LogP contribution is -2.24. The van der Waals surface area contributed by atoms with Gasteiger partial charge in [0.1, 0.15) is 5.84 Å². The summed E-state index contributed by atoms with van der Waals surface area (Å²) in [5, 5.41) is 21.2. The number of nitriles is 1. The van der Waals surface area contributed by atoms with Gasteiger partial charge in [0.2, 0.25) is 6.23 Å². The fourth-order valence-corrected chi connectivity index (χ4v) is 3.36. The zero-order valence-corrected chi connectivity index (χ0v) is 15.6. The van der Waals surface area contributed by atoms with E-state index in [1.165, 1.54) is 0 Å². The highest BCUT2D eigenvalue weighted by atomic mass is 16.7. The number of fused-ring (bicyclic) bond motifs is 3. The molecule has 1 atom stereocenters. The molecule has 0 bridgehead atoms. The third kappa shape index (κ3) is 3.04. The van der Waals surface area contributed by atoms with Crippen molar-refractivity contribution in [1.82, 2.24) is 15.3 Å². The number of aromatic amines is 1. The first-order valence-electron chi connectivity index (χ1n) is 9.21. The van der Waals surface area contributed by atoms with Gasteiger partial charge in [-0.05, 0) is 38.5 Å². The van der Waals surface area contributed by atoms with Crippen molar-refractivity contribution in [3.63, 3.8) is 0 Å². The molecule has 1 unspecified atom stereocenters. The normalized spacial score (nSPS) is 16.3. The molecule has 0 spiro atoms. The van der Waals surface area contributed by atoms with Crippen molar-refractivity contribution >= 4 is 33.5 Å². The number of nitrogens with one attached hydrogen (secondary N) is 3. The lowest BCUT2D eigenvalue weighted by Gasteiger charge is -2.18. The molecule has 0 aliphatic carbocycles. The van der Waals surface area contributed by atoms with Crippen molar-refractivity contribution in [2.75, 3.05) is 5.32 Å². The smallest absolute Gasteiger partial charge is 0.228 e. The summed E-state index contributed by atoms with van der Waals surface area (Å²) in [6, 6.07) is 8.01. The van der Waals surface area contributed by atoms with Crippen LogP contribution in [0.4, 0.5) is 5.69 Å². The molecule has 2 aromatic heterocycles. The maximum Gasteiger partial charge on any atom is 0.228 e. The van der Waals surface area contributed by atoms with Gasteiger partial charge < -0.3 is 20.5 Å². The summed E-state index contributed by atoms with van der Waals surface area (Å²) in [5.74, 6) is 0.855. The van der Waals surface area contributed by atoms with Crippen molar-refractivity contribution < 1.29 is 4.84 Å². The summed E-state index contributed by atoms with van der Waals surface area (Å²) < 4.78 is 0. The number of oxime groups is 1. The van der Waals surface area contributed by atoms with Gasteiger partial charge in [0.15, 0.2) is 0 Å². The van der Waals surface area contributed by atoms with E-state index >= 15 is 0 Å². The molecule has 1 aromatic carbocycles. The van der Waals surface area contributed by atoms with Crippen LogP contribution >= 0.6 is 0 Å². The van der Waals surface area contributed by atoms with E-state index in [-0.39, 0.29) is 12.3 Å². The molecule has 1 aliphatic heterocycles. The van der Waals surface area contributed by atoms with E-state index < -0.39 is 0 Å². The number of benzene rings is 1. The Morgan fingerprint density at radius 2 is 2.22 bits per heavy atom. The van der Waals surface area contributed by atoms with Crippen molar-refractivity contribution in [2.45, 2.75) is 45.9 Å². The van der Waals surface area contributed by atoms with Crippen molar-refractivity contribution in [1.29, 1.82) is 5.26 Å². The first kappa shape index (κ1) is 17.2. The Labute approximate surface area is 157 Å². The fraction of sp³-hybridized carbons (Fsp3) is 0.350. The number of nitrogens with zero attached hydrogens (tertiary/aromatic N) is 3. The van der Waals surface area contributed by atoms with E-state index in [1.54, 1.807) is 0 Å². The second-order valence-corrected chi connectivity index (χ2v) is 7.03. The van der Waals surface area contributed by atoms with Crippen LogP contribution in [0.1, 0.15) is 51.0 Å². The maximum atomic E-state index is 9.17. The second kappa shape index (κ2) is 6.80. The highest BCUT2D eigenvalue weighted by molar-refractivity contribution is 6.09. The molecule has 7 nitrogen and oxygen atoms in total. The molecule has 7 heteroatoms. The molecule has 27 heavy (non-hydrogen) atoms. The van der Waals surface area contributed by atoms with Gasteiger partial charge in [0.25, 0.3) is 0 Å². The summed E-state index contributed by atoms with van der Waals surface area (Å²) in [4.78, 5) is 13.7. The molecule has 3 aromatic rings. The SMILES string of the molecule is CCCC1=NOC(c2cnc3c([nH]c4cc(C#N)ccc43)c2NC(C)C)N1. The highest BCUT2D eigenvalue weighted by Gasteiger charge is 2.26. The van der Waals surface area contributed by atoms with Gasteiger partial charge in [-0.2, -0.15) is 5.26 Å². The van der Waals surface area contributed by atoms with Crippen molar-refractivity contribution in [3.8, 4) is 6.07 Å². The van der Waals surface area contributed by atoms with Crippen LogP contribution in [0.15, 0.2) is 29.6 Å². The van der Waals surface area contributed by atoms with Crippen LogP contribution in [-0.4, -0.2) is 21.8 Å². The van der Waals surface area contributed by atoms with E-state index in [0.29, 0.717) is 5.56 Å². The van der Waals surface area contributed by atoms with E-state index in [4.69, 9.17) is 4.84 Å². The minimum Gasteiger partial charge on any atom is -0.381 e. The lowest BCUT2D eigenvalue weighted by molar-refractivity contribution is 0.0732. The summed E-state index contributed by atoms with van der Waals surface area (Å²) in [7, 11) is 0. The van der Waals surface area contributed by atoms with Crippen LogP contribution in [0.25, 0.3) is 21.9 Å². The summed E-state index contributed by atoms with van der Waals surface area (Å²) in [6.07, 6.45) is 3.31. The number of H-pyrrole nitrogens is 1. The van der Waals surface area contributed by atoms with Gasteiger partial charge in [-0.25, -0.2) is 0 Å². The van der Waals surface area contributed by atoms with E-state index in [9.17, 15) is 5.26 Å². The average molecular weight is 362 g/mol. The Balaban J connectivity index is 1.84. The van der Waals surface area contributed by atoms with Crippen LogP contribution in [0.5, 0.6) is 0 Å². The average Bonchev–Trinajstić information content (AvgIpc) is 3.26. The van der Waals surface area contributed by atoms with Crippen LogP contribution in [0.2, 0.25) is 0 Å². The number of hydrogen-bond acceptors (Lipinski definition) is 6. The number of amidine groups is 1. The summed E-state index contributed by atoms with van der Waals surface area (Å²) in [6.45, 7) is 6.29. The topological polar surface area (TPSA) is 98.1 Å². The van der Waals surface area contributed by atoms with Crippen LogP contribution < -0.4 is 10.6 Å². The van der Waals surface area contributed by atoms with Crippen molar-refractivity contribution in [3.05, 3.63) is 35.5 Å². The third-order valence-corrected chi connectivity index (χ3v) is 4.54.